The van der Waals surface area contributed by atoms with Crippen molar-refractivity contribution in [3.8, 4) is 21.8 Å². The minimum atomic E-state index is -0.178. The molecule has 2 N–H and O–H groups in total. The van der Waals surface area contributed by atoms with E-state index in [4.69, 9.17) is 4.98 Å². The molecule has 5 aromatic rings. The number of thiazole rings is 1. The van der Waals surface area contributed by atoms with Gasteiger partial charge in [0.2, 0.25) is 0 Å². The molecule has 0 atom stereocenters. The average molecular weight is 507 g/mol. The molecule has 0 saturated carbocycles. The summed E-state index contributed by atoms with van der Waals surface area (Å²) in [7, 11) is 0. The van der Waals surface area contributed by atoms with Gasteiger partial charge >= 0.3 is 0 Å². The molecule has 0 radical (unpaired) electrons. The van der Waals surface area contributed by atoms with E-state index >= 15 is 0 Å². The number of amides is 1. The van der Waals surface area contributed by atoms with Crippen LogP contribution in [0.4, 0.5) is 5.69 Å². The third-order valence-corrected chi connectivity index (χ3v) is 7.42. The van der Waals surface area contributed by atoms with E-state index < -0.39 is 0 Å². The zero-order valence-corrected chi connectivity index (χ0v) is 21.0. The van der Waals surface area contributed by atoms with E-state index in [-0.39, 0.29) is 5.91 Å². The summed E-state index contributed by atoms with van der Waals surface area (Å²) in [6, 6.07) is 23.2. The van der Waals surface area contributed by atoms with E-state index in [1.54, 1.807) is 6.20 Å². The number of aromatic nitrogens is 3. The van der Waals surface area contributed by atoms with Gasteiger partial charge in [0, 0.05) is 61.8 Å². The fraction of sp³-hybridized carbons (Fsp3) is 0.172. The van der Waals surface area contributed by atoms with Crippen LogP contribution in [0.2, 0.25) is 0 Å². The number of hydrogen-bond acceptors (Lipinski definition) is 7. The molecule has 6 rings (SSSR count). The predicted octanol–water partition coefficient (Wildman–Crippen LogP) is 5.08. The van der Waals surface area contributed by atoms with E-state index in [1.165, 1.54) is 16.9 Å². The number of benzene rings is 2. The van der Waals surface area contributed by atoms with Crippen molar-refractivity contribution in [3.63, 3.8) is 0 Å². The minimum absolute atomic E-state index is 0.178. The molecule has 0 unspecified atom stereocenters. The molecular weight excluding hydrogens is 480 g/mol. The number of para-hydroxylation sites is 1. The zero-order valence-electron chi connectivity index (χ0n) is 20.2. The van der Waals surface area contributed by atoms with Crippen molar-refractivity contribution >= 4 is 33.3 Å². The second-order valence-electron chi connectivity index (χ2n) is 9.01. The second kappa shape index (κ2) is 10.6. The van der Waals surface area contributed by atoms with Crippen molar-refractivity contribution in [2.75, 3.05) is 31.5 Å². The highest BCUT2D eigenvalue weighted by Crippen LogP contribution is 2.34. The van der Waals surface area contributed by atoms with Crippen LogP contribution in [0, 0.1) is 0 Å². The van der Waals surface area contributed by atoms with E-state index in [0.717, 1.165) is 70.6 Å². The van der Waals surface area contributed by atoms with Gasteiger partial charge in [0.05, 0.1) is 11.4 Å². The van der Waals surface area contributed by atoms with Gasteiger partial charge in [-0.3, -0.25) is 14.7 Å². The Morgan fingerprint density at radius 3 is 2.70 bits per heavy atom. The van der Waals surface area contributed by atoms with E-state index in [1.807, 2.05) is 72.9 Å². The SMILES string of the molecule is O=C(Nc1ccccc1-c1nc2cc(CN3CCNCC3)cnc2s1)c1cccc(-c2ccccn2)c1. The fourth-order valence-corrected chi connectivity index (χ4v) is 5.45. The fourth-order valence-electron chi connectivity index (χ4n) is 4.52. The van der Waals surface area contributed by atoms with E-state index in [9.17, 15) is 4.79 Å². The first kappa shape index (κ1) is 23.4. The molecule has 2 aromatic carbocycles. The molecule has 1 aliphatic heterocycles. The summed E-state index contributed by atoms with van der Waals surface area (Å²) in [5.41, 5.74) is 5.95. The monoisotopic (exact) mass is 506 g/mol. The van der Waals surface area contributed by atoms with Gasteiger partial charge in [0.1, 0.15) is 15.4 Å². The van der Waals surface area contributed by atoms with Crippen molar-refractivity contribution in [3.05, 3.63) is 96.3 Å². The van der Waals surface area contributed by atoms with Crippen molar-refractivity contribution < 1.29 is 4.79 Å². The Balaban J connectivity index is 1.24. The van der Waals surface area contributed by atoms with Crippen LogP contribution < -0.4 is 10.6 Å². The van der Waals surface area contributed by atoms with E-state index in [0.29, 0.717) is 5.56 Å². The molecule has 37 heavy (non-hydrogen) atoms. The van der Waals surface area contributed by atoms with Crippen LogP contribution in [0.1, 0.15) is 15.9 Å². The maximum atomic E-state index is 13.2. The average Bonchev–Trinajstić information content (AvgIpc) is 3.38. The van der Waals surface area contributed by atoms with Crippen LogP contribution in [0.15, 0.2) is 85.2 Å². The van der Waals surface area contributed by atoms with Crippen LogP contribution >= 0.6 is 11.3 Å². The van der Waals surface area contributed by atoms with Crippen LogP contribution in [0.5, 0.6) is 0 Å². The maximum Gasteiger partial charge on any atom is 0.255 e. The molecule has 1 saturated heterocycles. The van der Waals surface area contributed by atoms with Crippen LogP contribution in [-0.2, 0) is 6.54 Å². The van der Waals surface area contributed by atoms with Crippen molar-refractivity contribution in [2.24, 2.45) is 0 Å². The molecule has 0 spiro atoms. The number of piperazine rings is 1. The summed E-state index contributed by atoms with van der Waals surface area (Å²) in [4.78, 5) is 30.5. The highest BCUT2D eigenvalue weighted by atomic mass is 32.1. The molecule has 7 nitrogen and oxygen atoms in total. The van der Waals surface area contributed by atoms with Gasteiger partial charge < -0.3 is 10.6 Å². The molecule has 0 bridgehead atoms. The number of carbonyl (C=O) groups excluding carboxylic acids is 1. The molecular formula is C29H26N6OS. The van der Waals surface area contributed by atoms with Crippen LogP contribution in [0.25, 0.3) is 32.2 Å². The lowest BCUT2D eigenvalue weighted by Gasteiger charge is -2.26. The zero-order chi connectivity index (χ0) is 25.0. The molecule has 4 heterocycles. The molecule has 1 aliphatic rings. The molecule has 8 heteroatoms. The summed E-state index contributed by atoms with van der Waals surface area (Å²) < 4.78 is 0. The first-order chi connectivity index (χ1) is 18.2. The normalized spacial score (nSPS) is 14.1. The Morgan fingerprint density at radius 2 is 1.84 bits per heavy atom. The Hall–Kier alpha value is -3.98. The van der Waals surface area contributed by atoms with Gasteiger partial charge in [-0.15, -0.1) is 0 Å². The Labute approximate surface area is 219 Å². The predicted molar refractivity (Wildman–Crippen MR) is 149 cm³/mol. The van der Waals surface area contributed by atoms with E-state index in [2.05, 4.69) is 31.6 Å². The summed E-state index contributed by atoms with van der Waals surface area (Å²) in [6.07, 6.45) is 3.70. The van der Waals surface area contributed by atoms with Gasteiger partial charge in [0.15, 0.2) is 0 Å². The number of hydrogen-bond donors (Lipinski definition) is 2. The summed E-state index contributed by atoms with van der Waals surface area (Å²) in [5.74, 6) is -0.178. The lowest BCUT2D eigenvalue weighted by Crippen LogP contribution is -2.42. The summed E-state index contributed by atoms with van der Waals surface area (Å²) in [6.45, 7) is 5.00. The molecule has 184 valence electrons. The number of anilines is 1. The number of fused-ring (bicyclic) bond motifs is 1. The van der Waals surface area contributed by atoms with Crippen molar-refractivity contribution in [1.29, 1.82) is 0 Å². The van der Waals surface area contributed by atoms with Gasteiger partial charge in [-0.1, -0.05) is 41.7 Å². The Morgan fingerprint density at radius 1 is 0.973 bits per heavy atom. The third-order valence-electron chi connectivity index (χ3n) is 6.41. The topological polar surface area (TPSA) is 83.0 Å². The van der Waals surface area contributed by atoms with Crippen LogP contribution in [-0.4, -0.2) is 51.9 Å². The standard InChI is InChI=1S/C29H26N6OS/c36-27(22-7-5-6-21(17-22)24-9-3-4-11-31-24)33-25-10-2-1-8-23(25)28-34-26-16-20(18-32-29(26)37-28)19-35-14-12-30-13-15-35/h1-11,16-18,30H,12-15,19H2,(H,33,36). The largest absolute Gasteiger partial charge is 0.321 e. The smallest absolute Gasteiger partial charge is 0.255 e. The van der Waals surface area contributed by atoms with Gasteiger partial charge in [-0.2, -0.15) is 0 Å². The second-order valence-corrected chi connectivity index (χ2v) is 9.99. The number of nitrogens with zero attached hydrogens (tertiary/aromatic N) is 4. The highest BCUT2D eigenvalue weighted by molar-refractivity contribution is 7.21. The lowest BCUT2D eigenvalue weighted by molar-refractivity contribution is 0.102. The summed E-state index contributed by atoms with van der Waals surface area (Å²) >= 11 is 1.54. The maximum absolute atomic E-state index is 13.2. The van der Waals surface area contributed by atoms with Crippen molar-refractivity contribution in [1.82, 2.24) is 25.2 Å². The first-order valence-corrected chi connectivity index (χ1v) is 13.2. The lowest BCUT2D eigenvalue weighted by atomic mass is 10.1. The third kappa shape index (κ3) is 5.27. The van der Waals surface area contributed by atoms with Crippen molar-refractivity contribution in [2.45, 2.75) is 6.54 Å². The van der Waals surface area contributed by atoms with Gasteiger partial charge in [-0.05, 0) is 48.0 Å². The number of nitrogens with one attached hydrogen (secondary N) is 2. The highest BCUT2D eigenvalue weighted by Gasteiger charge is 2.16. The minimum Gasteiger partial charge on any atom is -0.321 e. The Bertz CT molecular complexity index is 1540. The first-order valence-electron chi connectivity index (χ1n) is 12.3. The molecule has 0 aliphatic carbocycles. The molecule has 3 aromatic heterocycles. The number of rotatable bonds is 6. The summed E-state index contributed by atoms with van der Waals surface area (Å²) in [5, 5.41) is 7.31. The quantitative estimate of drug-likeness (QED) is 0.334. The molecule has 1 fully saturated rings. The molecule has 1 amide bonds. The number of carbonyl (C=O) groups is 1. The number of pyridine rings is 2. The van der Waals surface area contributed by atoms with Gasteiger partial charge in [0.25, 0.3) is 5.91 Å². The Kier molecular flexibility index (Phi) is 6.68. The van der Waals surface area contributed by atoms with Crippen LogP contribution in [0.3, 0.4) is 0 Å². The van der Waals surface area contributed by atoms with Gasteiger partial charge in [-0.25, -0.2) is 9.97 Å².